The van der Waals surface area contributed by atoms with E-state index in [9.17, 15) is 8.42 Å². The van der Waals surface area contributed by atoms with E-state index in [1.807, 2.05) is 0 Å². The molecule has 0 aliphatic carbocycles. The van der Waals surface area contributed by atoms with E-state index in [0.29, 0.717) is 10.4 Å². The molecule has 0 saturated carbocycles. The molecule has 0 fully saturated rings. The molecular formula is C7H9BrN2O2S2. The van der Waals surface area contributed by atoms with Gasteiger partial charge in [-0.25, -0.2) is 18.4 Å². The third-order valence-corrected chi connectivity index (χ3v) is 3.88. The molecule has 0 N–H and O–H groups in total. The summed E-state index contributed by atoms with van der Waals surface area (Å²) in [5.74, 6) is 0.682. The van der Waals surface area contributed by atoms with Gasteiger partial charge in [0.25, 0.3) is 0 Å². The summed E-state index contributed by atoms with van der Waals surface area (Å²) in [5.41, 5.74) is 0. The molecule has 0 amide bonds. The molecule has 0 radical (unpaired) electrons. The van der Waals surface area contributed by atoms with Gasteiger partial charge < -0.3 is 0 Å². The first-order chi connectivity index (χ1) is 6.47. The molecule has 0 spiro atoms. The highest BCUT2D eigenvalue weighted by atomic mass is 79.9. The van der Waals surface area contributed by atoms with E-state index in [2.05, 4.69) is 25.9 Å². The van der Waals surface area contributed by atoms with E-state index < -0.39 is 9.84 Å². The first kappa shape index (κ1) is 11.9. The Morgan fingerprint density at radius 3 is 2.79 bits per heavy atom. The second kappa shape index (κ2) is 5.09. The van der Waals surface area contributed by atoms with Gasteiger partial charge in [-0.2, -0.15) is 0 Å². The normalized spacial score (nSPS) is 11.6. The lowest BCUT2D eigenvalue weighted by Gasteiger charge is -1.99. The molecule has 0 saturated heterocycles. The zero-order valence-corrected chi connectivity index (χ0v) is 10.7. The zero-order valence-electron chi connectivity index (χ0n) is 7.47. The molecule has 0 bridgehead atoms. The first-order valence-corrected chi connectivity index (χ1v) is 7.59. The predicted molar refractivity (Wildman–Crippen MR) is 60.2 cm³/mol. The highest BCUT2D eigenvalue weighted by Gasteiger charge is 2.03. The van der Waals surface area contributed by atoms with Crippen LogP contribution in [0.3, 0.4) is 0 Å². The van der Waals surface area contributed by atoms with Crippen molar-refractivity contribution in [3.8, 4) is 0 Å². The second-order valence-corrected chi connectivity index (χ2v) is 6.84. The summed E-state index contributed by atoms with van der Waals surface area (Å²) in [6, 6.07) is 1.76. The Hall–Kier alpha value is -0.140. The SMILES string of the molecule is CS(=O)(=O)CCSc1cc(Br)ncn1. The van der Waals surface area contributed by atoms with Crippen molar-refractivity contribution < 1.29 is 8.42 Å². The molecule has 0 aliphatic rings. The van der Waals surface area contributed by atoms with Crippen molar-refractivity contribution in [2.45, 2.75) is 5.03 Å². The number of thioether (sulfide) groups is 1. The van der Waals surface area contributed by atoms with Crippen molar-refractivity contribution in [1.29, 1.82) is 0 Å². The molecule has 1 aromatic rings. The van der Waals surface area contributed by atoms with Gasteiger partial charge in [0.2, 0.25) is 0 Å². The fourth-order valence-corrected chi connectivity index (χ4v) is 3.22. The molecular weight excluding hydrogens is 288 g/mol. The first-order valence-electron chi connectivity index (χ1n) is 3.75. The number of hydrogen-bond acceptors (Lipinski definition) is 5. The number of halogens is 1. The fraction of sp³-hybridized carbons (Fsp3) is 0.429. The Bertz CT molecular complexity index is 408. The Kier molecular flexibility index (Phi) is 4.33. The molecule has 0 atom stereocenters. The summed E-state index contributed by atoms with van der Waals surface area (Å²) >= 11 is 4.61. The number of sulfone groups is 1. The molecule has 0 aromatic carbocycles. The summed E-state index contributed by atoms with van der Waals surface area (Å²) in [6.07, 6.45) is 2.66. The van der Waals surface area contributed by atoms with Crippen molar-refractivity contribution >= 4 is 37.5 Å². The van der Waals surface area contributed by atoms with Crippen molar-refractivity contribution in [2.24, 2.45) is 0 Å². The molecule has 4 nitrogen and oxygen atoms in total. The van der Waals surface area contributed by atoms with E-state index in [1.54, 1.807) is 6.07 Å². The van der Waals surface area contributed by atoms with Crippen molar-refractivity contribution in [1.82, 2.24) is 9.97 Å². The van der Waals surface area contributed by atoms with Gasteiger partial charge in [0.1, 0.15) is 25.8 Å². The van der Waals surface area contributed by atoms with Crippen LogP contribution in [0.25, 0.3) is 0 Å². The zero-order chi connectivity index (χ0) is 10.6. The number of rotatable bonds is 4. The van der Waals surface area contributed by atoms with E-state index in [1.165, 1.54) is 24.3 Å². The maximum Gasteiger partial charge on any atom is 0.148 e. The monoisotopic (exact) mass is 296 g/mol. The smallest absolute Gasteiger partial charge is 0.148 e. The minimum absolute atomic E-state index is 0.166. The van der Waals surface area contributed by atoms with Crippen LogP contribution in [-0.2, 0) is 9.84 Å². The standard InChI is InChI=1S/C7H9BrN2O2S2/c1-14(11,12)3-2-13-7-4-6(8)9-5-10-7/h4-5H,2-3H2,1H3. The van der Waals surface area contributed by atoms with Gasteiger partial charge in [-0.05, 0) is 15.9 Å². The van der Waals surface area contributed by atoms with Crippen LogP contribution in [-0.4, -0.2) is 36.1 Å². The minimum Gasteiger partial charge on any atom is -0.230 e. The van der Waals surface area contributed by atoms with Crippen molar-refractivity contribution in [2.75, 3.05) is 17.8 Å². The molecule has 7 heteroatoms. The topological polar surface area (TPSA) is 59.9 Å². The fourth-order valence-electron chi connectivity index (χ4n) is 0.694. The minimum atomic E-state index is -2.88. The molecule has 1 heterocycles. The summed E-state index contributed by atoms with van der Waals surface area (Å²) < 4.78 is 22.4. The predicted octanol–water partition coefficient (Wildman–Crippen LogP) is 1.38. The van der Waals surface area contributed by atoms with Crippen LogP contribution in [0.5, 0.6) is 0 Å². The number of aromatic nitrogens is 2. The summed E-state index contributed by atoms with van der Waals surface area (Å²) in [6.45, 7) is 0. The molecule has 1 rings (SSSR count). The van der Waals surface area contributed by atoms with Crippen LogP contribution >= 0.6 is 27.7 Å². The van der Waals surface area contributed by atoms with Gasteiger partial charge in [0.15, 0.2) is 0 Å². The Morgan fingerprint density at radius 2 is 2.21 bits per heavy atom. The summed E-state index contributed by atoms with van der Waals surface area (Å²) in [5, 5.41) is 0.774. The van der Waals surface area contributed by atoms with Crippen LogP contribution in [0.1, 0.15) is 0 Å². The Labute approximate surface area is 95.6 Å². The second-order valence-electron chi connectivity index (χ2n) is 2.66. The Balaban J connectivity index is 2.47. The highest BCUT2D eigenvalue weighted by Crippen LogP contribution is 2.17. The molecule has 0 aliphatic heterocycles. The quantitative estimate of drug-likeness (QED) is 0.620. The average molecular weight is 297 g/mol. The Morgan fingerprint density at radius 1 is 1.50 bits per heavy atom. The van der Waals surface area contributed by atoms with Gasteiger partial charge in [0.05, 0.1) is 5.75 Å². The van der Waals surface area contributed by atoms with Crippen LogP contribution in [0.15, 0.2) is 22.0 Å². The summed E-state index contributed by atoms with van der Waals surface area (Å²) in [7, 11) is -2.88. The third-order valence-electron chi connectivity index (χ3n) is 1.31. The van der Waals surface area contributed by atoms with Gasteiger partial charge in [-0.3, -0.25) is 0 Å². The van der Waals surface area contributed by atoms with Crippen LogP contribution in [0.2, 0.25) is 0 Å². The lowest BCUT2D eigenvalue weighted by atomic mass is 10.7. The van der Waals surface area contributed by atoms with Crippen LogP contribution in [0, 0.1) is 0 Å². The molecule has 1 aromatic heterocycles. The molecule has 14 heavy (non-hydrogen) atoms. The van der Waals surface area contributed by atoms with Crippen molar-refractivity contribution in [3.63, 3.8) is 0 Å². The van der Waals surface area contributed by atoms with E-state index in [-0.39, 0.29) is 5.75 Å². The maximum atomic E-state index is 10.8. The largest absolute Gasteiger partial charge is 0.230 e. The average Bonchev–Trinajstić information content (AvgIpc) is 2.01. The van der Waals surface area contributed by atoms with Gasteiger partial charge in [-0.1, -0.05) is 0 Å². The third kappa shape index (κ3) is 4.92. The lowest BCUT2D eigenvalue weighted by Crippen LogP contribution is -2.05. The highest BCUT2D eigenvalue weighted by molar-refractivity contribution is 9.10. The van der Waals surface area contributed by atoms with Gasteiger partial charge in [-0.15, -0.1) is 11.8 Å². The van der Waals surface area contributed by atoms with E-state index >= 15 is 0 Å². The molecule has 78 valence electrons. The summed E-state index contributed by atoms with van der Waals surface area (Å²) in [4.78, 5) is 7.86. The van der Waals surface area contributed by atoms with E-state index in [4.69, 9.17) is 0 Å². The van der Waals surface area contributed by atoms with E-state index in [0.717, 1.165) is 5.03 Å². The van der Waals surface area contributed by atoms with Gasteiger partial charge >= 0.3 is 0 Å². The van der Waals surface area contributed by atoms with Crippen LogP contribution < -0.4 is 0 Å². The number of nitrogens with zero attached hydrogens (tertiary/aromatic N) is 2. The lowest BCUT2D eigenvalue weighted by molar-refractivity contribution is 0.603. The van der Waals surface area contributed by atoms with Gasteiger partial charge in [0, 0.05) is 18.1 Å². The van der Waals surface area contributed by atoms with Crippen LogP contribution in [0.4, 0.5) is 0 Å². The van der Waals surface area contributed by atoms with Crippen molar-refractivity contribution in [3.05, 3.63) is 17.0 Å². The molecule has 0 unspecified atom stereocenters. The number of hydrogen-bond donors (Lipinski definition) is 0. The maximum absolute atomic E-state index is 10.8.